The molecule has 0 aliphatic rings. The highest BCUT2D eigenvalue weighted by molar-refractivity contribution is 6.11. The second-order valence-corrected chi connectivity index (χ2v) is 6.76. The van der Waals surface area contributed by atoms with E-state index < -0.39 is 11.7 Å². The number of ether oxygens (including phenoxy) is 1. The molecule has 30 heavy (non-hydrogen) atoms. The summed E-state index contributed by atoms with van der Waals surface area (Å²) in [7, 11) is 1.53. The molecule has 1 aromatic heterocycles. The first kappa shape index (κ1) is 19.4. The Kier molecular flexibility index (Phi) is 5.06. The normalized spacial score (nSPS) is 10.8. The number of hydrogen-bond donors (Lipinski definition) is 1. The van der Waals surface area contributed by atoms with Gasteiger partial charge in [-0.1, -0.05) is 24.3 Å². The highest BCUT2D eigenvalue weighted by atomic mass is 19.1. The number of amides is 1. The van der Waals surface area contributed by atoms with Gasteiger partial charge >= 0.3 is 0 Å². The molecule has 0 unspecified atom stereocenters. The Morgan fingerprint density at radius 3 is 2.57 bits per heavy atom. The molecule has 4 rings (SSSR count). The van der Waals surface area contributed by atoms with Crippen LogP contribution in [-0.4, -0.2) is 18.8 Å². The third-order valence-corrected chi connectivity index (χ3v) is 4.85. The van der Waals surface area contributed by atoms with Crippen LogP contribution in [0.2, 0.25) is 0 Å². The standard InChI is InChI=1S/C24H18FNO4/c1-14-18-11-10-16(26-24(28)19-8-3-4-9-20(19)25)13-21(18)30-23(14)22(27)15-6-5-7-17(12-15)29-2/h3-13H,1-2H3,(H,26,28). The lowest BCUT2D eigenvalue weighted by Gasteiger charge is -2.06. The van der Waals surface area contributed by atoms with Crippen LogP contribution >= 0.6 is 0 Å². The first-order valence-electron chi connectivity index (χ1n) is 9.25. The largest absolute Gasteiger partial charge is 0.497 e. The van der Waals surface area contributed by atoms with Gasteiger partial charge in [0.2, 0.25) is 5.78 Å². The van der Waals surface area contributed by atoms with Crippen LogP contribution in [0.3, 0.4) is 0 Å². The molecule has 0 saturated carbocycles. The highest BCUT2D eigenvalue weighted by Gasteiger charge is 2.20. The Bertz CT molecular complexity index is 1280. The molecular weight excluding hydrogens is 385 g/mol. The zero-order chi connectivity index (χ0) is 21.3. The van der Waals surface area contributed by atoms with Crippen molar-refractivity contribution < 1.29 is 23.1 Å². The molecule has 0 saturated heterocycles. The molecule has 0 atom stereocenters. The van der Waals surface area contributed by atoms with Crippen molar-refractivity contribution in [3.05, 3.63) is 95.0 Å². The quantitative estimate of drug-likeness (QED) is 0.455. The zero-order valence-electron chi connectivity index (χ0n) is 16.4. The fraction of sp³-hybridized carbons (Fsp3) is 0.0833. The first-order chi connectivity index (χ1) is 14.5. The molecular formula is C24H18FNO4. The summed E-state index contributed by atoms with van der Waals surface area (Å²) < 4.78 is 24.8. The number of halogens is 1. The second kappa shape index (κ2) is 7.83. The number of anilines is 1. The minimum atomic E-state index is -0.601. The van der Waals surface area contributed by atoms with E-state index >= 15 is 0 Å². The van der Waals surface area contributed by atoms with Crippen molar-refractivity contribution >= 4 is 28.3 Å². The van der Waals surface area contributed by atoms with Gasteiger partial charge in [-0.2, -0.15) is 0 Å². The van der Waals surface area contributed by atoms with Crippen LogP contribution in [0.1, 0.15) is 32.0 Å². The number of carbonyl (C=O) groups excluding carboxylic acids is 2. The van der Waals surface area contributed by atoms with Gasteiger partial charge in [-0.05, 0) is 43.3 Å². The molecule has 1 heterocycles. The molecule has 1 N–H and O–H groups in total. The van der Waals surface area contributed by atoms with Crippen molar-refractivity contribution in [3.8, 4) is 5.75 Å². The lowest BCUT2D eigenvalue weighted by atomic mass is 10.0. The maximum absolute atomic E-state index is 13.8. The number of carbonyl (C=O) groups is 2. The van der Waals surface area contributed by atoms with Gasteiger partial charge in [-0.15, -0.1) is 0 Å². The number of furan rings is 1. The summed E-state index contributed by atoms with van der Waals surface area (Å²) in [6.45, 7) is 1.80. The average Bonchev–Trinajstić information content (AvgIpc) is 3.09. The molecule has 0 radical (unpaired) electrons. The van der Waals surface area contributed by atoms with E-state index in [9.17, 15) is 14.0 Å². The Hall–Kier alpha value is -3.93. The van der Waals surface area contributed by atoms with Gasteiger partial charge in [-0.25, -0.2) is 4.39 Å². The Labute approximate surface area is 172 Å². The van der Waals surface area contributed by atoms with E-state index in [2.05, 4.69) is 5.32 Å². The van der Waals surface area contributed by atoms with Crippen LogP contribution in [0.25, 0.3) is 11.0 Å². The SMILES string of the molecule is COc1cccc(C(=O)c2oc3cc(NC(=O)c4ccccc4F)ccc3c2C)c1. The summed E-state index contributed by atoms with van der Waals surface area (Å²) >= 11 is 0. The van der Waals surface area contributed by atoms with Crippen LogP contribution < -0.4 is 10.1 Å². The molecule has 0 aliphatic carbocycles. The Balaban J connectivity index is 1.65. The van der Waals surface area contributed by atoms with Crippen LogP contribution in [0.15, 0.2) is 71.1 Å². The fourth-order valence-electron chi connectivity index (χ4n) is 3.26. The van der Waals surface area contributed by atoms with Gasteiger partial charge in [-0.3, -0.25) is 9.59 Å². The van der Waals surface area contributed by atoms with E-state index in [-0.39, 0.29) is 17.1 Å². The van der Waals surface area contributed by atoms with Gasteiger partial charge in [0, 0.05) is 28.3 Å². The number of rotatable bonds is 5. The number of ketones is 1. The van der Waals surface area contributed by atoms with Gasteiger partial charge < -0.3 is 14.5 Å². The van der Waals surface area contributed by atoms with Crippen LogP contribution in [0, 0.1) is 12.7 Å². The monoisotopic (exact) mass is 403 g/mol. The lowest BCUT2D eigenvalue weighted by Crippen LogP contribution is -2.13. The van der Waals surface area contributed by atoms with Crippen molar-refractivity contribution in [2.45, 2.75) is 6.92 Å². The molecule has 0 bridgehead atoms. The van der Waals surface area contributed by atoms with Crippen LogP contribution in [0.4, 0.5) is 10.1 Å². The summed E-state index contributed by atoms with van der Waals surface area (Å²) in [5.41, 5.74) is 1.98. The van der Waals surface area contributed by atoms with Gasteiger partial charge in [0.25, 0.3) is 5.91 Å². The summed E-state index contributed by atoms with van der Waals surface area (Å²) in [4.78, 5) is 25.3. The zero-order valence-corrected chi connectivity index (χ0v) is 16.4. The topological polar surface area (TPSA) is 68.5 Å². The number of benzene rings is 3. The number of methoxy groups -OCH3 is 1. The number of aryl methyl sites for hydroxylation is 1. The first-order valence-corrected chi connectivity index (χ1v) is 9.25. The number of fused-ring (bicyclic) bond motifs is 1. The third-order valence-electron chi connectivity index (χ3n) is 4.85. The molecule has 5 nitrogen and oxygen atoms in total. The molecule has 3 aromatic carbocycles. The van der Waals surface area contributed by atoms with Crippen molar-refractivity contribution in [1.82, 2.24) is 0 Å². The third kappa shape index (κ3) is 3.55. The maximum atomic E-state index is 13.8. The smallest absolute Gasteiger partial charge is 0.258 e. The van der Waals surface area contributed by atoms with Crippen molar-refractivity contribution in [3.63, 3.8) is 0 Å². The second-order valence-electron chi connectivity index (χ2n) is 6.76. The Morgan fingerprint density at radius 2 is 1.80 bits per heavy atom. The van der Waals surface area contributed by atoms with E-state index in [1.54, 1.807) is 55.5 Å². The van der Waals surface area contributed by atoms with Gasteiger partial charge in [0.1, 0.15) is 17.1 Å². The molecule has 0 spiro atoms. The minimum Gasteiger partial charge on any atom is -0.497 e. The lowest BCUT2D eigenvalue weighted by molar-refractivity contribution is 0.100. The summed E-state index contributed by atoms with van der Waals surface area (Å²) in [5.74, 6) is -0.636. The van der Waals surface area contributed by atoms with Crippen molar-refractivity contribution in [1.29, 1.82) is 0 Å². The Morgan fingerprint density at radius 1 is 1.00 bits per heavy atom. The summed E-state index contributed by atoms with van der Waals surface area (Å²) in [6, 6.07) is 17.6. The predicted octanol–water partition coefficient (Wildman–Crippen LogP) is 5.37. The van der Waals surface area contributed by atoms with E-state index in [1.165, 1.54) is 25.3 Å². The molecule has 0 fully saturated rings. The van der Waals surface area contributed by atoms with E-state index in [1.807, 2.05) is 0 Å². The molecule has 1 amide bonds. The van der Waals surface area contributed by atoms with Crippen LogP contribution in [-0.2, 0) is 0 Å². The molecule has 4 aromatic rings. The van der Waals surface area contributed by atoms with Crippen molar-refractivity contribution in [2.24, 2.45) is 0 Å². The van der Waals surface area contributed by atoms with Crippen LogP contribution in [0.5, 0.6) is 5.75 Å². The number of hydrogen-bond acceptors (Lipinski definition) is 4. The van der Waals surface area contributed by atoms with Gasteiger partial charge in [0.15, 0.2) is 5.76 Å². The average molecular weight is 403 g/mol. The maximum Gasteiger partial charge on any atom is 0.258 e. The molecule has 6 heteroatoms. The molecule has 0 aliphatic heterocycles. The minimum absolute atomic E-state index is 0.0536. The molecule has 150 valence electrons. The van der Waals surface area contributed by atoms with E-state index in [0.29, 0.717) is 28.1 Å². The van der Waals surface area contributed by atoms with E-state index in [4.69, 9.17) is 9.15 Å². The summed E-state index contributed by atoms with van der Waals surface area (Å²) in [5, 5.41) is 3.41. The predicted molar refractivity (Wildman–Crippen MR) is 112 cm³/mol. The number of nitrogens with one attached hydrogen (secondary N) is 1. The fourth-order valence-corrected chi connectivity index (χ4v) is 3.26. The van der Waals surface area contributed by atoms with Crippen molar-refractivity contribution in [2.75, 3.05) is 12.4 Å². The summed E-state index contributed by atoms with van der Waals surface area (Å²) in [6.07, 6.45) is 0. The van der Waals surface area contributed by atoms with Gasteiger partial charge in [0.05, 0.1) is 12.7 Å². The van der Waals surface area contributed by atoms with E-state index in [0.717, 1.165) is 5.39 Å². The highest BCUT2D eigenvalue weighted by Crippen LogP contribution is 2.30.